The monoisotopic (exact) mass is 264 g/mol. The van der Waals surface area contributed by atoms with E-state index in [1.807, 2.05) is 32.0 Å². The average Bonchev–Trinajstić information content (AvgIpc) is 2.74. The molecule has 0 aliphatic rings. The number of benzene rings is 1. The summed E-state index contributed by atoms with van der Waals surface area (Å²) < 4.78 is 10.7. The van der Waals surface area contributed by atoms with Gasteiger partial charge in [0.05, 0.1) is 12.8 Å². The number of nitrogens with two attached hydrogens (primary N) is 1. The SMILES string of the molecule is COc1cccc(Sc2nc(C)co2)c1[C@@H](C)N. The van der Waals surface area contributed by atoms with E-state index in [1.165, 1.54) is 11.8 Å². The van der Waals surface area contributed by atoms with Crippen LogP contribution in [0.3, 0.4) is 0 Å². The summed E-state index contributed by atoms with van der Waals surface area (Å²) in [4.78, 5) is 5.28. The fourth-order valence-corrected chi connectivity index (χ4v) is 2.73. The van der Waals surface area contributed by atoms with Gasteiger partial charge >= 0.3 is 0 Å². The second-order valence-electron chi connectivity index (χ2n) is 4.02. The van der Waals surface area contributed by atoms with E-state index in [-0.39, 0.29) is 6.04 Å². The minimum atomic E-state index is -0.111. The first-order valence-electron chi connectivity index (χ1n) is 5.64. The van der Waals surface area contributed by atoms with Crippen LogP contribution >= 0.6 is 11.8 Å². The summed E-state index contributed by atoms with van der Waals surface area (Å²) in [5, 5.41) is 0.614. The third kappa shape index (κ3) is 2.68. The van der Waals surface area contributed by atoms with E-state index in [0.29, 0.717) is 5.22 Å². The first-order valence-corrected chi connectivity index (χ1v) is 6.46. The van der Waals surface area contributed by atoms with Crippen LogP contribution in [-0.4, -0.2) is 12.1 Å². The highest BCUT2D eigenvalue weighted by Crippen LogP contribution is 2.37. The van der Waals surface area contributed by atoms with Crippen molar-refractivity contribution in [2.24, 2.45) is 5.73 Å². The number of rotatable bonds is 4. The van der Waals surface area contributed by atoms with Gasteiger partial charge in [-0.15, -0.1) is 0 Å². The van der Waals surface area contributed by atoms with Gasteiger partial charge in [0.1, 0.15) is 12.0 Å². The summed E-state index contributed by atoms with van der Waals surface area (Å²) in [6.45, 7) is 3.83. The number of nitrogens with zero attached hydrogens (tertiary/aromatic N) is 1. The van der Waals surface area contributed by atoms with Gasteiger partial charge < -0.3 is 14.9 Å². The maximum atomic E-state index is 6.01. The molecule has 0 radical (unpaired) electrons. The molecule has 0 spiro atoms. The molecule has 0 aliphatic carbocycles. The highest BCUT2D eigenvalue weighted by molar-refractivity contribution is 7.99. The smallest absolute Gasteiger partial charge is 0.260 e. The van der Waals surface area contributed by atoms with Crippen molar-refractivity contribution in [3.63, 3.8) is 0 Å². The van der Waals surface area contributed by atoms with Crippen LogP contribution in [0.4, 0.5) is 0 Å². The first-order chi connectivity index (χ1) is 8.61. The summed E-state index contributed by atoms with van der Waals surface area (Å²) in [6.07, 6.45) is 1.63. The van der Waals surface area contributed by atoms with E-state index < -0.39 is 0 Å². The molecule has 1 aromatic carbocycles. The lowest BCUT2D eigenvalue weighted by atomic mass is 10.1. The van der Waals surface area contributed by atoms with E-state index in [9.17, 15) is 0 Å². The third-order valence-electron chi connectivity index (χ3n) is 2.50. The van der Waals surface area contributed by atoms with Crippen molar-refractivity contribution in [2.45, 2.75) is 30.0 Å². The number of methoxy groups -OCH3 is 1. The Morgan fingerprint density at radius 2 is 2.22 bits per heavy atom. The van der Waals surface area contributed by atoms with Crippen molar-refractivity contribution < 1.29 is 9.15 Å². The van der Waals surface area contributed by atoms with Gasteiger partial charge in [-0.1, -0.05) is 6.07 Å². The average molecular weight is 264 g/mol. The summed E-state index contributed by atoms with van der Waals surface area (Å²) in [7, 11) is 1.64. The molecule has 1 atom stereocenters. The Labute approximate surface area is 111 Å². The van der Waals surface area contributed by atoms with Crippen LogP contribution in [-0.2, 0) is 0 Å². The molecule has 1 heterocycles. The second-order valence-corrected chi connectivity index (χ2v) is 5.01. The highest BCUT2D eigenvalue weighted by Gasteiger charge is 2.15. The van der Waals surface area contributed by atoms with Crippen molar-refractivity contribution >= 4 is 11.8 Å². The quantitative estimate of drug-likeness (QED) is 0.919. The van der Waals surface area contributed by atoms with Gasteiger partial charge in [-0.3, -0.25) is 0 Å². The Kier molecular flexibility index (Phi) is 3.93. The van der Waals surface area contributed by atoms with Gasteiger partial charge in [0.2, 0.25) is 0 Å². The molecule has 96 valence electrons. The standard InChI is InChI=1S/C13H16N2O2S/c1-8-7-17-13(15-8)18-11-6-4-5-10(16-3)12(11)9(2)14/h4-7,9H,14H2,1-3H3/t9-/m1/s1. The van der Waals surface area contributed by atoms with Gasteiger partial charge in [-0.05, 0) is 37.7 Å². The molecular formula is C13H16N2O2S. The fraction of sp³-hybridized carbons (Fsp3) is 0.308. The molecule has 0 fully saturated rings. The number of oxazole rings is 1. The minimum absolute atomic E-state index is 0.111. The fourth-order valence-electron chi connectivity index (χ4n) is 1.71. The summed E-state index contributed by atoms with van der Waals surface area (Å²) in [6, 6.07) is 5.72. The number of ether oxygens (including phenoxy) is 1. The van der Waals surface area contributed by atoms with E-state index in [4.69, 9.17) is 14.9 Å². The van der Waals surface area contributed by atoms with Crippen LogP contribution in [0, 0.1) is 6.92 Å². The maximum absolute atomic E-state index is 6.01. The second kappa shape index (κ2) is 5.46. The van der Waals surface area contributed by atoms with Crippen molar-refractivity contribution in [3.05, 3.63) is 35.7 Å². The maximum Gasteiger partial charge on any atom is 0.260 e. The van der Waals surface area contributed by atoms with Gasteiger partial charge in [-0.25, -0.2) is 4.98 Å². The molecule has 0 saturated heterocycles. The molecule has 0 aliphatic heterocycles. The zero-order chi connectivity index (χ0) is 13.1. The van der Waals surface area contributed by atoms with Gasteiger partial charge in [0.25, 0.3) is 5.22 Å². The Bertz CT molecular complexity index is 538. The predicted molar refractivity (Wildman–Crippen MR) is 71.0 cm³/mol. The topological polar surface area (TPSA) is 61.3 Å². The molecule has 0 saturated carbocycles. The highest BCUT2D eigenvalue weighted by atomic mass is 32.2. The summed E-state index contributed by atoms with van der Waals surface area (Å²) in [5.74, 6) is 0.790. The predicted octanol–water partition coefficient (Wildman–Crippen LogP) is 3.16. The van der Waals surface area contributed by atoms with Gasteiger partial charge in [0.15, 0.2) is 0 Å². The summed E-state index contributed by atoms with van der Waals surface area (Å²) >= 11 is 1.46. The molecule has 1 aromatic heterocycles. The van der Waals surface area contributed by atoms with E-state index in [0.717, 1.165) is 21.9 Å². The van der Waals surface area contributed by atoms with Crippen LogP contribution in [0.1, 0.15) is 24.2 Å². The first kappa shape index (κ1) is 13.0. The van der Waals surface area contributed by atoms with Crippen molar-refractivity contribution in [1.29, 1.82) is 0 Å². The molecule has 0 bridgehead atoms. The molecule has 0 amide bonds. The van der Waals surface area contributed by atoms with E-state index in [2.05, 4.69) is 4.98 Å². The van der Waals surface area contributed by atoms with Gasteiger partial charge in [0, 0.05) is 16.5 Å². The van der Waals surface area contributed by atoms with Crippen LogP contribution in [0.5, 0.6) is 5.75 Å². The minimum Gasteiger partial charge on any atom is -0.496 e. The Morgan fingerprint density at radius 1 is 1.44 bits per heavy atom. The molecular weight excluding hydrogens is 248 g/mol. The number of aryl methyl sites for hydroxylation is 1. The van der Waals surface area contributed by atoms with Gasteiger partial charge in [-0.2, -0.15) is 0 Å². The van der Waals surface area contributed by atoms with Crippen molar-refractivity contribution in [1.82, 2.24) is 4.98 Å². The summed E-state index contributed by atoms with van der Waals surface area (Å²) in [5.41, 5.74) is 7.84. The lowest BCUT2D eigenvalue weighted by Gasteiger charge is -2.15. The Balaban J connectivity index is 2.37. The molecule has 2 N–H and O–H groups in total. The van der Waals surface area contributed by atoms with Crippen molar-refractivity contribution in [2.75, 3.05) is 7.11 Å². The lowest BCUT2D eigenvalue weighted by molar-refractivity contribution is 0.405. The van der Waals surface area contributed by atoms with Crippen LogP contribution in [0.15, 0.2) is 39.0 Å². The third-order valence-corrected chi connectivity index (χ3v) is 3.43. The lowest BCUT2D eigenvalue weighted by Crippen LogP contribution is -2.08. The molecule has 5 heteroatoms. The molecule has 18 heavy (non-hydrogen) atoms. The molecule has 0 unspecified atom stereocenters. The zero-order valence-electron chi connectivity index (χ0n) is 10.6. The van der Waals surface area contributed by atoms with E-state index in [1.54, 1.807) is 13.4 Å². The van der Waals surface area contributed by atoms with Crippen LogP contribution in [0.2, 0.25) is 0 Å². The van der Waals surface area contributed by atoms with Crippen LogP contribution in [0.25, 0.3) is 0 Å². The van der Waals surface area contributed by atoms with Crippen LogP contribution < -0.4 is 10.5 Å². The Morgan fingerprint density at radius 3 is 2.78 bits per heavy atom. The number of hydrogen-bond acceptors (Lipinski definition) is 5. The van der Waals surface area contributed by atoms with E-state index >= 15 is 0 Å². The number of hydrogen-bond donors (Lipinski definition) is 1. The molecule has 4 nitrogen and oxygen atoms in total. The van der Waals surface area contributed by atoms with Crippen molar-refractivity contribution in [3.8, 4) is 5.75 Å². The number of aromatic nitrogens is 1. The molecule has 2 rings (SSSR count). The Hall–Kier alpha value is -1.46. The molecule has 2 aromatic rings. The zero-order valence-corrected chi connectivity index (χ0v) is 11.5. The largest absolute Gasteiger partial charge is 0.496 e. The normalized spacial score (nSPS) is 12.4.